The number of carboxylic acid groups (broad SMARTS) is 1. The molecule has 1 aromatic carbocycles. The predicted molar refractivity (Wildman–Crippen MR) is 142 cm³/mol. The zero-order chi connectivity index (χ0) is 29.1. The van der Waals surface area contributed by atoms with Crippen LogP contribution in [0.2, 0.25) is 0 Å². The van der Waals surface area contributed by atoms with Gasteiger partial charge >= 0.3 is 24.0 Å². The van der Waals surface area contributed by atoms with E-state index in [4.69, 9.17) is 9.47 Å². The number of hydrogen-bond donors (Lipinski definition) is 1. The SMILES string of the molecule is COc1c(C)c2c(c(N(C(=O)C(F)(F)F)C(C)C)c1C/C=C(\C)CC(CCN1CCSC1)C(=O)O)C(=O)OC2. The van der Waals surface area contributed by atoms with Gasteiger partial charge in [0.1, 0.15) is 12.4 Å². The molecule has 12 heteroatoms. The first-order chi connectivity index (χ1) is 18.3. The molecule has 1 aromatic rings. The Bertz CT molecular complexity index is 1150. The molecule has 0 saturated carbocycles. The number of methoxy groups -OCH3 is 1. The van der Waals surface area contributed by atoms with E-state index in [1.165, 1.54) is 21.0 Å². The lowest BCUT2D eigenvalue weighted by Crippen LogP contribution is -2.46. The maximum Gasteiger partial charge on any atom is 0.471 e. The number of nitrogens with zero attached hydrogens (tertiary/aromatic N) is 2. The number of fused-ring (bicyclic) bond motifs is 1. The van der Waals surface area contributed by atoms with Crippen molar-refractivity contribution in [2.45, 2.75) is 65.8 Å². The molecule has 1 unspecified atom stereocenters. The zero-order valence-corrected chi connectivity index (χ0v) is 23.6. The van der Waals surface area contributed by atoms with E-state index in [-0.39, 0.29) is 42.0 Å². The lowest BCUT2D eigenvalue weighted by atomic mass is 9.91. The summed E-state index contributed by atoms with van der Waals surface area (Å²) in [5.74, 6) is -2.27. The summed E-state index contributed by atoms with van der Waals surface area (Å²) in [6.07, 6.45) is -2.69. The molecule has 0 aliphatic carbocycles. The van der Waals surface area contributed by atoms with Crippen molar-refractivity contribution in [1.82, 2.24) is 4.90 Å². The molecular formula is C27H35F3N2O6S. The van der Waals surface area contributed by atoms with Gasteiger partial charge in [0.15, 0.2) is 0 Å². The maximum atomic E-state index is 13.7. The molecule has 0 spiro atoms. The Kier molecular flexibility index (Phi) is 9.98. The summed E-state index contributed by atoms with van der Waals surface area (Å²) >= 11 is 1.81. The normalized spacial score (nSPS) is 16.8. The topological polar surface area (TPSA) is 96.4 Å². The van der Waals surface area contributed by atoms with Gasteiger partial charge < -0.3 is 19.5 Å². The van der Waals surface area contributed by atoms with Crippen molar-refractivity contribution in [2.75, 3.05) is 36.7 Å². The molecule has 1 N–H and O–H groups in total. The van der Waals surface area contributed by atoms with Gasteiger partial charge in [0.2, 0.25) is 0 Å². The summed E-state index contributed by atoms with van der Waals surface area (Å²) in [5.41, 5.74) is 1.62. The first kappa shape index (κ1) is 30.8. The van der Waals surface area contributed by atoms with Crippen LogP contribution in [0.5, 0.6) is 5.75 Å². The van der Waals surface area contributed by atoms with Crippen LogP contribution in [0.15, 0.2) is 11.6 Å². The molecular weight excluding hydrogens is 537 g/mol. The molecule has 8 nitrogen and oxygen atoms in total. The van der Waals surface area contributed by atoms with Gasteiger partial charge in [0, 0.05) is 35.3 Å². The maximum absolute atomic E-state index is 13.7. The molecule has 2 aliphatic heterocycles. The number of carboxylic acids is 1. The number of rotatable bonds is 11. The van der Waals surface area contributed by atoms with Crippen LogP contribution in [0.1, 0.15) is 60.7 Å². The molecule has 1 atom stereocenters. The van der Waals surface area contributed by atoms with Crippen molar-refractivity contribution in [2.24, 2.45) is 5.92 Å². The van der Waals surface area contributed by atoms with E-state index in [0.717, 1.165) is 23.7 Å². The first-order valence-electron chi connectivity index (χ1n) is 12.8. The lowest BCUT2D eigenvalue weighted by Gasteiger charge is -2.32. The van der Waals surface area contributed by atoms with Gasteiger partial charge in [0.05, 0.1) is 24.3 Å². The molecule has 0 radical (unpaired) electrons. The van der Waals surface area contributed by atoms with Crippen LogP contribution in [0, 0.1) is 12.8 Å². The molecule has 0 aromatic heterocycles. The third-order valence-corrected chi connectivity index (χ3v) is 8.08. The minimum absolute atomic E-state index is 0.0230. The monoisotopic (exact) mass is 572 g/mol. The molecule has 2 heterocycles. The van der Waals surface area contributed by atoms with E-state index in [0.29, 0.717) is 29.0 Å². The first-order valence-corrected chi connectivity index (χ1v) is 13.9. The highest BCUT2D eigenvalue weighted by Crippen LogP contribution is 2.44. The van der Waals surface area contributed by atoms with Crippen molar-refractivity contribution in [3.8, 4) is 5.75 Å². The van der Waals surface area contributed by atoms with Crippen LogP contribution in [0.3, 0.4) is 0 Å². The van der Waals surface area contributed by atoms with E-state index < -0.39 is 36.0 Å². The average Bonchev–Trinajstić information content (AvgIpc) is 3.51. The van der Waals surface area contributed by atoms with Gasteiger partial charge in [-0.2, -0.15) is 13.2 Å². The van der Waals surface area contributed by atoms with Crippen LogP contribution < -0.4 is 9.64 Å². The smallest absolute Gasteiger partial charge is 0.471 e. The van der Waals surface area contributed by atoms with E-state index in [1.54, 1.807) is 19.9 Å². The van der Waals surface area contributed by atoms with E-state index >= 15 is 0 Å². The molecule has 39 heavy (non-hydrogen) atoms. The highest BCUT2D eigenvalue weighted by molar-refractivity contribution is 7.99. The number of thioether (sulfide) groups is 1. The van der Waals surface area contributed by atoms with Crippen molar-refractivity contribution in [1.29, 1.82) is 0 Å². The molecule has 3 rings (SSSR count). The van der Waals surface area contributed by atoms with Gasteiger partial charge in [-0.25, -0.2) is 4.79 Å². The molecule has 216 valence electrons. The Morgan fingerprint density at radius 2 is 2.00 bits per heavy atom. The number of halogens is 3. The number of ether oxygens (including phenoxy) is 2. The Balaban J connectivity index is 2.03. The molecule has 1 fully saturated rings. The van der Waals surface area contributed by atoms with E-state index in [9.17, 15) is 32.7 Å². The number of esters is 1. The third-order valence-electron chi connectivity index (χ3n) is 7.06. The second-order valence-electron chi connectivity index (χ2n) is 10.1. The summed E-state index contributed by atoms with van der Waals surface area (Å²) in [6.45, 7) is 7.78. The number of hydrogen-bond acceptors (Lipinski definition) is 7. The highest BCUT2D eigenvalue weighted by atomic mass is 32.2. The Morgan fingerprint density at radius 1 is 1.31 bits per heavy atom. The Hall–Kier alpha value is -2.73. The van der Waals surface area contributed by atoms with Crippen LogP contribution in [-0.2, 0) is 27.4 Å². The van der Waals surface area contributed by atoms with E-state index in [1.807, 2.05) is 11.8 Å². The summed E-state index contributed by atoms with van der Waals surface area (Å²) in [6, 6.07) is -0.937. The number of amides is 1. The number of carbonyl (C=O) groups is 3. The predicted octanol–water partition coefficient (Wildman–Crippen LogP) is 4.95. The molecule has 1 amide bonds. The van der Waals surface area contributed by atoms with Crippen molar-refractivity contribution in [3.05, 3.63) is 33.9 Å². The summed E-state index contributed by atoms with van der Waals surface area (Å²) < 4.78 is 51.9. The minimum Gasteiger partial charge on any atom is -0.496 e. The fourth-order valence-corrected chi connectivity index (χ4v) is 6.09. The average molecular weight is 573 g/mol. The molecule has 1 saturated heterocycles. The van der Waals surface area contributed by atoms with Crippen molar-refractivity contribution >= 4 is 35.3 Å². The van der Waals surface area contributed by atoms with Crippen molar-refractivity contribution in [3.63, 3.8) is 0 Å². The number of alkyl halides is 3. The number of aliphatic carboxylic acids is 1. The van der Waals surface area contributed by atoms with Crippen LogP contribution in [0.4, 0.5) is 18.9 Å². The van der Waals surface area contributed by atoms with Crippen molar-refractivity contribution < 1.29 is 42.1 Å². The van der Waals surface area contributed by atoms with Gasteiger partial charge in [-0.1, -0.05) is 11.6 Å². The Labute approximate surface area is 230 Å². The number of allylic oxidation sites excluding steroid dienone is 2. The summed E-state index contributed by atoms with van der Waals surface area (Å²) in [4.78, 5) is 40.1. The number of anilines is 1. The third kappa shape index (κ3) is 6.89. The second-order valence-corrected chi connectivity index (χ2v) is 11.2. The fraction of sp³-hybridized carbons (Fsp3) is 0.593. The molecule has 0 bridgehead atoms. The van der Waals surface area contributed by atoms with Crippen LogP contribution >= 0.6 is 11.8 Å². The summed E-state index contributed by atoms with van der Waals surface area (Å²) in [5, 5.41) is 9.78. The van der Waals surface area contributed by atoms with Gasteiger partial charge in [-0.3, -0.25) is 14.5 Å². The zero-order valence-electron chi connectivity index (χ0n) is 22.8. The van der Waals surface area contributed by atoms with Gasteiger partial charge in [0.25, 0.3) is 0 Å². The van der Waals surface area contributed by atoms with Crippen LogP contribution in [-0.4, -0.2) is 71.9 Å². The standard InChI is InChI=1S/C27H35F3N2O6S/c1-15(2)32(26(36)27(28,29)30)22-19(23(37-5)17(4)20-13-38-25(35)21(20)22)7-6-16(3)12-18(24(33)34)8-9-31-10-11-39-14-31/h6,15,18H,7-14H2,1-5H3,(H,33,34)/b16-6+. The van der Waals surface area contributed by atoms with Gasteiger partial charge in [-0.15, -0.1) is 11.8 Å². The fourth-order valence-electron chi connectivity index (χ4n) is 5.05. The number of benzene rings is 1. The quantitative estimate of drug-likeness (QED) is 0.294. The largest absolute Gasteiger partial charge is 0.496 e. The van der Waals surface area contributed by atoms with Crippen LogP contribution in [0.25, 0.3) is 0 Å². The summed E-state index contributed by atoms with van der Waals surface area (Å²) in [7, 11) is 1.37. The lowest BCUT2D eigenvalue weighted by molar-refractivity contribution is -0.170. The van der Waals surface area contributed by atoms with Gasteiger partial charge in [-0.05, 0) is 59.1 Å². The highest BCUT2D eigenvalue weighted by Gasteiger charge is 2.47. The minimum atomic E-state index is -5.18. The number of carbonyl (C=O) groups excluding carboxylic acids is 2. The Morgan fingerprint density at radius 3 is 2.54 bits per heavy atom. The molecule has 2 aliphatic rings. The second kappa shape index (κ2) is 12.6. The van der Waals surface area contributed by atoms with E-state index in [2.05, 4.69) is 4.90 Å². The number of cyclic esters (lactones) is 1.